The molecule has 0 bridgehead atoms. The van der Waals surface area contributed by atoms with Gasteiger partial charge in [0.15, 0.2) is 5.78 Å². The normalized spacial score (nSPS) is 14.5. The molecular formula is C22H13F3O5S. The number of halogens is 3. The highest BCUT2D eigenvalue weighted by Gasteiger charge is 2.35. The van der Waals surface area contributed by atoms with Gasteiger partial charge in [0, 0.05) is 11.1 Å². The van der Waals surface area contributed by atoms with Gasteiger partial charge in [-0.1, -0.05) is 24.3 Å². The number of hydrogen-bond donors (Lipinski definition) is 0. The van der Waals surface area contributed by atoms with E-state index in [1.807, 2.05) is 0 Å². The number of sulfone groups is 1. The molecule has 0 amide bonds. The smallest absolute Gasteiger partial charge is 0.416 e. The molecule has 1 heterocycles. The Morgan fingerprint density at radius 3 is 2.32 bits per heavy atom. The molecule has 3 aromatic rings. The molecule has 0 aliphatic carbocycles. The maximum absolute atomic E-state index is 12.9. The molecule has 0 aromatic heterocycles. The zero-order valence-corrected chi connectivity index (χ0v) is 16.5. The summed E-state index contributed by atoms with van der Waals surface area (Å²) in [6.45, 7) is -0.436. The van der Waals surface area contributed by atoms with Gasteiger partial charge in [0.05, 0.1) is 20.9 Å². The molecule has 9 heteroatoms. The van der Waals surface area contributed by atoms with Gasteiger partial charge in [-0.2, -0.15) is 13.2 Å². The first-order chi connectivity index (χ1) is 14.6. The molecule has 0 N–H and O–H groups in total. The van der Waals surface area contributed by atoms with Gasteiger partial charge in [0.2, 0.25) is 9.84 Å². The fourth-order valence-electron chi connectivity index (χ4n) is 3.28. The highest BCUT2D eigenvalue weighted by molar-refractivity contribution is 7.91. The van der Waals surface area contributed by atoms with E-state index in [9.17, 15) is 31.2 Å². The second-order valence-corrected chi connectivity index (χ2v) is 8.70. The third-order valence-electron chi connectivity index (χ3n) is 4.80. The molecule has 4 rings (SSSR count). The van der Waals surface area contributed by atoms with Crippen molar-refractivity contribution in [3.05, 3.63) is 94.5 Å². The summed E-state index contributed by atoms with van der Waals surface area (Å²) in [5.41, 5.74) is -0.902. The van der Waals surface area contributed by atoms with Crippen molar-refractivity contribution >= 4 is 21.6 Å². The van der Waals surface area contributed by atoms with Crippen LogP contribution in [0.1, 0.15) is 37.4 Å². The predicted octanol–water partition coefficient (Wildman–Crippen LogP) is 4.44. The number of alkyl halides is 3. The third kappa shape index (κ3) is 3.72. The van der Waals surface area contributed by atoms with E-state index in [-0.39, 0.29) is 32.0 Å². The molecule has 1 aliphatic heterocycles. The molecule has 158 valence electrons. The molecule has 0 unspecified atom stereocenters. The maximum atomic E-state index is 12.9. The first-order valence-electron chi connectivity index (χ1n) is 8.95. The van der Waals surface area contributed by atoms with E-state index in [0.717, 1.165) is 18.2 Å². The molecule has 31 heavy (non-hydrogen) atoms. The molecule has 0 atom stereocenters. The van der Waals surface area contributed by atoms with Crippen molar-refractivity contribution in [3.63, 3.8) is 0 Å². The molecule has 3 aromatic carbocycles. The highest BCUT2D eigenvalue weighted by atomic mass is 32.2. The number of carbonyl (C=O) groups is 2. The number of fused-ring (bicyclic) bond motifs is 2. The van der Waals surface area contributed by atoms with Crippen molar-refractivity contribution in [1.82, 2.24) is 0 Å². The minimum absolute atomic E-state index is 0.0508. The van der Waals surface area contributed by atoms with Crippen molar-refractivity contribution in [3.8, 4) is 0 Å². The largest absolute Gasteiger partial charge is 0.457 e. The van der Waals surface area contributed by atoms with Crippen LogP contribution in [-0.4, -0.2) is 20.2 Å². The number of benzene rings is 3. The van der Waals surface area contributed by atoms with Crippen LogP contribution in [0.25, 0.3) is 0 Å². The van der Waals surface area contributed by atoms with E-state index in [0.29, 0.717) is 0 Å². The quantitative estimate of drug-likeness (QED) is 0.435. The maximum Gasteiger partial charge on any atom is 0.416 e. The van der Waals surface area contributed by atoms with E-state index in [4.69, 9.17) is 4.74 Å². The number of ether oxygens (including phenoxy) is 1. The van der Waals surface area contributed by atoms with Crippen LogP contribution < -0.4 is 0 Å². The van der Waals surface area contributed by atoms with Gasteiger partial charge in [-0.05, 0) is 48.0 Å². The summed E-state index contributed by atoms with van der Waals surface area (Å²) in [5.74, 6) is -1.41. The number of ketones is 1. The predicted molar refractivity (Wildman–Crippen MR) is 102 cm³/mol. The average molecular weight is 446 g/mol. The molecular weight excluding hydrogens is 433 g/mol. The van der Waals surface area contributed by atoms with Gasteiger partial charge >= 0.3 is 12.1 Å². The van der Waals surface area contributed by atoms with E-state index < -0.39 is 39.9 Å². The van der Waals surface area contributed by atoms with Crippen molar-refractivity contribution in [2.24, 2.45) is 0 Å². The fraction of sp³-hybridized carbons (Fsp3) is 0.0909. The van der Waals surface area contributed by atoms with Gasteiger partial charge in [0.1, 0.15) is 6.61 Å². The van der Waals surface area contributed by atoms with Crippen LogP contribution in [0.4, 0.5) is 13.2 Å². The molecule has 0 radical (unpaired) electrons. The number of carbonyl (C=O) groups excluding carboxylic acids is 2. The number of rotatable bonds is 3. The zero-order valence-electron chi connectivity index (χ0n) is 15.6. The summed E-state index contributed by atoms with van der Waals surface area (Å²) in [6, 6.07) is 13.6. The Hall–Kier alpha value is -3.46. The van der Waals surface area contributed by atoms with E-state index in [1.165, 1.54) is 42.5 Å². The summed E-state index contributed by atoms with van der Waals surface area (Å²) >= 11 is 0. The Balaban J connectivity index is 1.61. The standard InChI is InChI=1S/C22H13F3O5S/c23-22(24,25)15-5-3-4-13(10-15)12-30-21(27)14-8-9-17-19(11-14)31(28,29)18-7-2-1-6-16(18)20(17)26/h1-11H,12H2. The van der Waals surface area contributed by atoms with Crippen LogP contribution in [0.2, 0.25) is 0 Å². The number of esters is 1. The summed E-state index contributed by atoms with van der Waals surface area (Å²) in [4.78, 5) is 24.6. The molecule has 0 saturated heterocycles. The van der Waals surface area contributed by atoms with Crippen molar-refractivity contribution in [2.45, 2.75) is 22.6 Å². The molecule has 1 aliphatic rings. The molecule has 0 fully saturated rings. The second-order valence-electron chi connectivity index (χ2n) is 6.81. The Labute approximate surface area is 175 Å². The molecule has 0 spiro atoms. The summed E-state index contributed by atoms with van der Waals surface area (Å²) in [5, 5.41) is 0. The highest BCUT2D eigenvalue weighted by Crippen LogP contribution is 2.35. The lowest BCUT2D eigenvalue weighted by Gasteiger charge is -2.19. The van der Waals surface area contributed by atoms with Crippen molar-refractivity contribution < 1.29 is 35.9 Å². The lowest BCUT2D eigenvalue weighted by atomic mass is 10.0. The van der Waals surface area contributed by atoms with E-state index in [2.05, 4.69) is 0 Å². The van der Waals surface area contributed by atoms with Gasteiger partial charge in [-0.15, -0.1) is 0 Å². The van der Waals surface area contributed by atoms with Crippen LogP contribution in [0.15, 0.2) is 76.5 Å². The van der Waals surface area contributed by atoms with E-state index >= 15 is 0 Å². The lowest BCUT2D eigenvalue weighted by molar-refractivity contribution is -0.137. The SMILES string of the molecule is O=C(OCc1cccc(C(F)(F)F)c1)c1ccc2c(c1)S(=O)(=O)c1ccccc1C2=O. The van der Waals surface area contributed by atoms with Gasteiger partial charge in [0.25, 0.3) is 0 Å². The third-order valence-corrected chi connectivity index (χ3v) is 6.65. The molecule has 0 saturated carbocycles. The fourth-order valence-corrected chi connectivity index (χ4v) is 4.96. The molecule has 5 nitrogen and oxygen atoms in total. The van der Waals surface area contributed by atoms with Crippen molar-refractivity contribution in [2.75, 3.05) is 0 Å². The van der Waals surface area contributed by atoms with Crippen LogP contribution in [0, 0.1) is 0 Å². The van der Waals surface area contributed by atoms with Gasteiger partial charge in [-0.25, -0.2) is 13.2 Å². The van der Waals surface area contributed by atoms with Crippen molar-refractivity contribution in [1.29, 1.82) is 0 Å². The lowest BCUT2D eigenvalue weighted by Crippen LogP contribution is -2.21. The summed E-state index contributed by atoms with van der Waals surface area (Å²) in [6.07, 6.45) is -4.53. The Morgan fingerprint density at radius 1 is 0.871 bits per heavy atom. The van der Waals surface area contributed by atoms with Gasteiger partial charge in [-0.3, -0.25) is 4.79 Å². The average Bonchev–Trinajstić information content (AvgIpc) is 2.75. The minimum Gasteiger partial charge on any atom is -0.457 e. The monoisotopic (exact) mass is 446 g/mol. The van der Waals surface area contributed by atoms with E-state index in [1.54, 1.807) is 6.07 Å². The van der Waals surface area contributed by atoms with Crippen LogP contribution in [0.5, 0.6) is 0 Å². The topological polar surface area (TPSA) is 77.5 Å². The van der Waals surface area contributed by atoms with Crippen LogP contribution >= 0.6 is 0 Å². The van der Waals surface area contributed by atoms with Crippen LogP contribution in [0.3, 0.4) is 0 Å². The van der Waals surface area contributed by atoms with Gasteiger partial charge < -0.3 is 4.74 Å². The Kier molecular flexibility index (Phi) is 4.93. The second kappa shape index (κ2) is 7.35. The Bertz CT molecular complexity index is 1330. The summed E-state index contributed by atoms with van der Waals surface area (Å²) < 4.78 is 69.3. The first kappa shape index (κ1) is 20.8. The first-order valence-corrected chi connectivity index (χ1v) is 10.4. The summed E-state index contributed by atoms with van der Waals surface area (Å²) in [7, 11) is -4.03. The zero-order chi connectivity index (χ0) is 22.4. The Morgan fingerprint density at radius 2 is 1.58 bits per heavy atom. The number of hydrogen-bond acceptors (Lipinski definition) is 5. The van der Waals surface area contributed by atoms with Crippen LogP contribution in [-0.2, 0) is 27.4 Å². The minimum atomic E-state index is -4.53.